The van der Waals surface area contributed by atoms with Crippen molar-refractivity contribution < 1.29 is 0 Å². The number of aryl methyl sites for hydroxylation is 1. The molecule has 0 amide bonds. The van der Waals surface area contributed by atoms with E-state index in [4.69, 9.17) is 0 Å². The largest absolute Gasteiger partial charge is 0.262 e. The Labute approximate surface area is 101 Å². The minimum atomic E-state index is 0.181. The summed E-state index contributed by atoms with van der Waals surface area (Å²) in [4.78, 5) is 4.24. The van der Waals surface area contributed by atoms with E-state index < -0.39 is 0 Å². The third-order valence-electron chi connectivity index (χ3n) is 3.49. The summed E-state index contributed by atoms with van der Waals surface area (Å²) in [6.07, 6.45) is 1.90. The Balaban J connectivity index is 0.00000106. The van der Waals surface area contributed by atoms with Crippen LogP contribution in [0.5, 0.6) is 0 Å². The molecule has 0 fully saturated rings. The Morgan fingerprint density at radius 3 is 1.88 bits per heavy atom. The minimum Gasteiger partial charge on any atom is -0.262 e. The second-order valence-corrected chi connectivity index (χ2v) is 5.56. The van der Waals surface area contributed by atoms with E-state index in [-0.39, 0.29) is 10.8 Å². The Hall–Kier alpha value is -0.850. The van der Waals surface area contributed by atoms with Crippen molar-refractivity contribution in [1.29, 1.82) is 0 Å². The van der Waals surface area contributed by atoms with Crippen LogP contribution in [0.3, 0.4) is 0 Å². The molecule has 0 atom stereocenters. The number of aromatic nitrogens is 1. The summed E-state index contributed by atoms with van der Waals surface area (Å²) in [5.41, 5.74) is 2.92. The maximum absolute atomic E-state index is 4.24. The molecule has 92 valence electrons. The SMILES string of the molecule is CC.Cc1cc(C(C)(C)C(C)(C)C)ccn1. The molecule has 1 aromatic rings. The first-order chi connectivity index (χ1) is 7.25. The quantitative estimate of drug-likeness (QED) is 0.667. The highest BCUT2D eigenvalue weighted by Gasteiger charge is 2.34. The van der Waals surface area contributed by atoms with Gasteiger partial charge in [-0.3, -0.25) is 4.98 Å². The monoisotopic (exact) mass is 221 g/mol. The lowest BCUT2D eigenvalue weighted by atomic mass is 9.65. The summed E-state index contributed by atoms with van der Waals surface area (Å²) < 4.78 is 0. The summed E-state index contributed by atoms with van der Waals surface area (Å²) in [7, 11) is 0. The van der Waals surface area contributed by atoms with Crippen LogP contribution in [0, 0.1) is 12.3 Å². The molecule has 0 aliphatic rings. The predicted octanol–water partition coefficient (Wildman–Crippen LogP) is 4.74. The van der Waals surface area contributed by atoms with Crippen LogP contribution >= 0.6 is 0 Å². The molecule has 1 heteroatoms. The van der Waals surface area contributed by atoms with Crippen molar-refractivity contribution in [2.75, 3.05) is 0 Å². The fourth-order valence-corrected chi connectivity index (χ4v) is 1.37. The second-order valence-electron chi connectivity index (χ2n) is 5.56. The topological polar surface area (TPSA) is 12.9 Å². The molecule has 0 N–H and O–H groups in total. The highest BCUT2D eigenvalue weighted by Crippen LogP contribution is 2.40. The fraction of sp³-hybridized carbons (Fsp3) is 0.667. The highest BCUT2D eigenvalue weighted by molar-refractivity contribution is 5.26. The average Bonchev–Trinajstić information content (AvgIpc) is 2.19. The van der Waals surface area contributed by atoms with E-state index in [0.717, 1.165) is 5.69 Å². The van der Waals surface area contributed by atoms with Gasteiger partial charge in [0.15, 0.2) is 0 Å². The number of hydrogen-bond acceptors (Lipinski definition) is 1. The molecule has 1 aromatic heterocycles. The third-order valence-corrected chi connectivity index (χ3v) is 3.49. The van der Waals surface area contributed by atoms with Crippen LogP contribution in [0.15, 0.2) is 18.3 Å². The van der Waals surface area contributed by atoms with Crippen molar-refractivity contribution in [3.05, 3.63) is 29.6 Å². The van der Waals surface area contributed by atoms with Crippen molar-refractivity contribution >= 4 is 0 Å². The van der Waals surface area contributed by atoms with Crippen LogP contribution in [0.4, 0.5) is 0 Å². The van der Waals surface area contributed by atoms with E-state index in [2.05, 4.69) is 51.7 Å². The zero-order valence-corrected chi connectivity index (χ0v) is 12.2. The molecular formula is C15H27N. The second kappa shape index (κ2) is 5.47. The number of nitrogens with zero attached hydrogens (tertiary/aromatic N) is 1. The molecule has 16 heavy (non-hydrogen) atoms. The normalized spacial score (nSPS) is 11.8. The predicted molar refractivity (Wildman–Crippen MR) is 72.8 cm³/mol. The third kappa shape index (κ3) is 3.33. The molecule has 0 saturated heterocycles. The highest BCUT2D eigenvalue weighted by atomic mass is 14.7. The minimum absolute atomic E-state index is 0.181. The van der Waals surface area contributed by atoms with Gasteiger partial charge in [-0.05, 0) is 35.4 Å². The van der Waals surface area contributed by atoms with Crippen LogP contribution < -0.4 is 0 Å². The van der Waals surface area contributed by atoms with E-state index in [9.17, 15) is 0 Å². The average molecular weight is 221 g/mol. The maximum atomic E-state index is 4.24. The molecule has 0 bridgehead atoms. The molecular weight excluding hydrogens is 194 g/mol. The lowest BCUT2D eigenvalue weighted by molar-refractivity contribution is 0.225. The van der Waals surface area contributed by atoms with E-state index in [0.29, 0.717) is 0 Å². The van der Waals surface area contributed by atoms with E-state index in [1.807, 2.05) is 27.0 Å². The lowest BCUT2D eigenvalue weighted by Gasteiger charge is -2.39. The van der Waals surface area contributed by atoms with Gasteiger partial charge >= 0.3 is 0 Å². The van der Waals surface area contributed by atoms with E-state index >= 15 is 0 Å². The molecule has 0 unspecified atom stereocenters. The van der Waals surface area contributed by atoms with Crippen LogP contribution in [0.25, 0.3) is 0 Å². The van der Waals surface area contributed by atoms with Gasteiger partial charge in [-0.2, -0.15) is 0 Å². The zero-order chi connectivity index (χ0) is 13.0. The molecule has 1 rings (SSSR count). The van der Waals surface area contributed by atoms with Gasteiger partial charge in [0.05, 0.1) is 0 Å². The van der Waals surface area contributed by atoms with Gasteiger partial charge in [0, 0.05) is 11.9 Å². The van der Waals surface area contributed by atoms with Gasteiger partial charge in [0.2, 0.25) is 0 Å². The standard InChI is InChI=1S/C13H21N.C2H6/c1-10-9-11(7-8-14-10)13(5,6)12(2,3)4;1-2/h7-9H,1-6H3;1-2H3. The summed E-state index contributed by atoms with van der Waals surface area (Å²) in [5, 5.41) is 0. The zero-order valence-electron chi connectivity index (χ0n) is 12.2. The number of hydrogen-bond donors (Lipinski definition) is 0. The van der Waals surface area contributed by atoms with Crippen LogP contribution in [-0.4, -0.2) is 4.98 Å². The molecule has 0 aliphatic heterocycles. The summed E-state index contributed by atoms with van der Waals surface area (Å²) >= 11 is 0. The van der Waals surface area contributed by atoms with Gasteiger partial charge in [-0.1, -0.05) is 48.5 Å². The molecule has 0 radical (unpaired) electrons. The Bertz CT molecular complexity index is 318. The van der Waals surface area contributed by atoms with Crippen molar-refractivity contribution in [3.8, 4) is 0 Å². The summed E-state index contributed by atoms with van der Waals surface area (Å²) in [6, 6.07) is 4.31. The van der Waals surface area contributed by atoms with Gasteiger partial charge in [0.1, 0.15) is 0 Å². The number of pyridine rings is 1. The Kier molecular flexibility index (Phi) is 5.18. The first-order valence-electron chi connectivity index (χ1n) is 6.18. The van der Waals surface area contributed by atoms with Crippen LogP contribution in [-0.2, 0) is 5.41 Å². The van der Waals surface area contributed by atoms with Crippen molar-refractivity contribution in [2.24, 2.45) is 5.41 Å². The molecule has 1 nitrogen and oxygen atoms in total. The first-order valence-corrected chi connectivity index (χ1v) is 6.18. The van der Waals surface area contributed by atoms with Crippen molar-refractivity contribution in [3.63, 3.8) is 0 Å². The van der Waals surface area contributed by atoms with Gasteiger partial charge in [0.25, 0.3) is 0 Å². The first kappa shape index (κ1) is 15.2. The number of rotatable bonds is 1. The summed E-state index contributed by atoms with van der Waals surface area (Å²) in [6.45, 7) is 17.5. The fourth-order valence-electron chi connectivity index (χ4n) is 1.37. The summed E-state index contributed by atoms with van der Waals surface area (Å²) in [5.74, 6) is 0. The smallest absolute Gasteiger partial charge is 0.0375 e. The Morgan fingerprint density at radius 1 is 1.00 bits per heavy atom. The van der Waals surface area contributed by atoms with E-state index in [1.54, 1.807) is 0 Å². The Morgan fingerprint density at radius 2 is 1.50 bits per heavy atom. The lowest BCUT2D eigenvalue weighted by Crippen LogP contribution is -2.34. The maximum Gasteiger partial charge on any atom is 0.0375 e. The molecule has 0 saturated carbocycles. The molecule has 0 spiro atoms. The molecule has 1 heterocycles. The van der Waals surface area contributed by atoms with Crippen LogP contribution in [0.1, 0.15) is 59.7 Å². The van der Waals surface area contributed by atoms with Gasteiger partial charge in [-0.15, -0.1) is 0 Å². The van der Waals surface area contributed by atoms with Gasteiger partial charge in [-0.25, -0.2) is 0 Å². The van der Waals surface area contributed by atoms with E-state index in [1.165, 1.54) is 5.56 Å². The molecule has 0 aliphatic carbocycles. The van der Waals surface area contributed by atoms with Crippen molar-refractivity contribution in [1.82, 2.24) is 4.98 Å². The van der Waals surface area contributed by atoms with Crippen molar-refractivity contribution in [2.45, 2.75) is 60.8 Å². The molecule has 0 aromatic carbocycles. The van der Waals surface area contributed by atoms with Crippen LogP contribution in [0.2, 0.25) is 0 Å². The van der Waals surface area contributed by atoms with Gasteiger partial charge < -0.3 is 0 Å².